The minimum atomic E-state index is 0.391. The maximum absolute atomic E-state index is 4.93. The summed E-state index contributed by atoms with van der Waals surface area (Å²) in [6.07, 6.45) is 2.09. The van der Waals surface area contributed by atoms with E-state index in [1.807, 2.05) is 12.1 Å². The molecule has 3 aromatic carbocycles. The van der Waals surface area contributed by atoms with Crippen LogP contribution in [0.5, 0.6) is 0 Å². The molecule has 0 spiro atoms. The highest BCUT2D eigenvalue weighted by Gasteiger charge is 2.23. The maximum atomic E-state index is 4.93. The molecule has 0 radical (unpaired) electrons. The lowest BCUT2D eigenvalue weighted by atomic mass is 10.1. The van der Waals surface area contributed by atoms with Crippen molar-refractivity contribution in [2.75, 3.05) is 23.3 Å². The van der Waals surface area contributed by atoms with Gasteiger partial charge in [-0.1, -0.05) is 54.6 Å². The van der Waals surface area contributed by atoms with Crippen LogP contribution in [0.2, 0.25) is 0 Å². The molecule has 3 heterocycles. The standard InChI is InChI=1S/C26H26N6/c1-2-8-19(9-3-1)18-32-24-13-7-6-12-23(24)30-26(32)27-20-14-16-31(17-15-20)25-28-21-10-4-5-11-22(21)29-25/h1-13,20H,14-18H2,(H,27,30)(H,28,29). The molecule has 6 heteroatoms. The number of rotatable bonds is 5. The predicted octanol–water partition coefficient (Wildman–Crippen LogP) is 5.04. The molecule has 1 saturated heterocycles. The second-order valence-corrected chi connectivity index (χ2v) is 8.48. The van der Waals surface area contributed by atoms with Crippen LogP contribution < -0.4 is 10.2 Å². The highest BCUT2D eigenvalue weighted by molar-refractivity contribution is 5.79. The fraction of sp³-hybridized carbons (Fsp3) is 0.231. The Morgan fingerprint density at radius 2 is 1.53 bits per heavy atom. The average molecular weight is 423 g/mol. The first-order chi connectivity index (χ1) is 15.8. The monoisotopic (exact) mass is 422 g/mol. The zero-order valence-electron chi connectivity index (χ0n) is 17.9. The van der Waals surface area contributed by atoms with Crippen LogP contribution in [0.1, 0.15) is 18.4 Å². The quantitative estimate of drug-likeness (QED) is 0.416. The number of anilines is 2. The van der Waals surface area contributed by atoms with E-state index in [0.717, 1.165) is 60.9 Å². The van der Waals surface area contributed by atoms with Crippen LogP contribution >= 0.6 is 0 Å². The van der Waals surface area contributed by atoms with E-state index in [9.17, 15) is 0 Å². The summed E-state index contributed by atoms with van der Waals surface area (Å²) in [6.45, 7) is 2.74. The van der Waals surface area contributed by atoms with Gasteiger partial charge in [0.25, 0.3) is 0 Å². The van der Waals surface area contributed by atoms with Gasteiger partial charge in [0.1, 0.15) is 0 Å². The second-order valence-electron chi connectivity index (χ2n) is 8.48. The molecule has 160 valence electrons. The van der Waals surface area contributed by atoms with Crippen LogP contribution in [-0.4, -0.2) is 38.7 Å². The van der Waals surface area contributed by atoms with Crippen LogP contribution in [0.25, 0.3) is 22.1 Å². The van der Waals surface area contributed by atoms with Crippen molar-refractivity contribution in [1.82, 2.24) is 19.5 Å². The largest absolute Gasteiger partial charge is 0.353 e. The predicted molar refractivity (Wildman–Crippen MR) is 130 cm³/mol. The maximum Gasteiger partial charge on any atom is 0.204 e. The number of aromatic amines is 1. The summed E-state index contributed by atoms with van der Waals surface area (Å²) in [5, 5.41) is 3.75. The third kappa shape index (κ3) is 3.58. The zero-order chi connectivity index (χ0) is 21.3. The first-order valence-corrected chi connectivity index (χ1v) is 11.3. The molecule has 32 heavy (non-hydrogen) atoms. The third-order valence-corrected chi connectivity index (χ3v) is 6.34. The number of hydrogen-bond donors (Lipinski definition) is 2. The molecule has 5 aromatic rings. The van der Waals surface area contributed by atoms with E-state index in [0.29, 0.717) is 6.04 Å². The second kappa shape index (κ2) is 8.04. The lowest BCUT2D eigenvalue weighted by Crippen LogP contribution is -2.40. The van der Waals surface area contributed by atoms with Gasteiger partial charge < -0.3 is 19.8 Å². The molecule has 2 N–H and O–H groups in total. The number of benzene rings is 3. The Morgan fingerprint density at radius 3 is 2.34 bits per heavy atom. The van der Waals surface area contributed by atoms with Gasteiger partial charge in [-0.25, -0.2) is 9.97 Å². The Kier molecular flexibility index (Phi) is 4.75. The molecule has 6 nitrogen and oxygen atoms in total. The van der Waals surface area contributed by atoms with Crippen molar-refractivity contribution in [3.05, 3.63) is 84.4 Å². The van der Waals surface area contributed by atoms with E-state index in [4.69, 9.17) is 9.97 Å². The highest BCUT2D eigenvalue weighted by atomic mass is 15.3. The van der Waals surface area contributed by atoms with Crippen LogP contribution in [0.3, 0.4) is 0 Å². The summed E-state index contributed by atoms with van der Waals surface area (Å²) in [7, 11) is 0. The van der Waals surface area contributed by atoms with Gasteiger partial charge in [0.2, 0.25) is 11.9 Å². The lowest BCUT2D eigenvalue weighted by Gasteiger charge is -2.32. The molecule has 0 aliphatic carbocycles. The van der Waals surface area contributed by atoms with Gasteiger partial charge >= 0.3 is 0 Å². The van der Waals surface area contributed by atoms with Crippen LogP contribution in [0, 0.1) is 0 Å². The Balaban J connectivity index is 1.20. The van der Waals surface area contributed by atoms with Gasteiger partial charge in [-0.2, -0.15) is 0 Å². The Labute approximate surface area is 186 Å². The Morgan fingerprint density at radius 1 is 0.812 bits per heavy atom. The minimum Gasteiger partial charge on any atom is -0.353 e. The van der Waals surface area contributed by atoms with Crippen LogP contribution in [0.15, 0.2) is 78.9 Å². The molecule has 0 bridgehead atoms. The Hall–Kier alpha value is -3.80. The number of aromatic nitrogens is 4. The van der Waals surface area contributed by atoms with E-state index < -0.39 is 0 Å². The van der Waals surface area contributed by atoms with Gasteiger partial charge in [-0.15, -0.1) is 0 Å². The van der Waals surface area contributed by atoms with E-state index in [-0.39, 0.29) is 0 Å². The van der Waals surface area contributed by atoms with E-state index in [1.54, 1.807) is 0 Å². The molecule has 1 aliphatic rings. The highest BCUT2D eigenvalue weighted by Crippen LogP contribution is 2.25. The fourth-order valence-electron chi connectivity index (χ4n) is 4.62. The molecular weight excluding hydrogens is 396 g/mol. The number of hydrogen-bond acceptors (Lipinski definition) is 4. The minimum absolute atomic E-state index is 0.391. The SMILES string of the molecule is c1ccc(Cn2c(NC3CCN(c4nc5ccccc5[nH]4)CC3)nc3ccccc32)cc1. The van der Waals surface area contributed by atoms with Gasteiger partial charge in [0, 0.05) is 19.1 Å². The number of H-pyrrole nitrogens is 1. The van der Waals surface area contributed by atoms with Crippen molar-refractivity contribution in [2.45, 2.75) is 25.4 Å². The topological polar surface area (TPSA) is 61.8 Å². The van der Waals surface area contributed by atoms with Crippen LogP contribution in [-0.2, 0) is 6.54 Å². The number of nitrogens with zero attached hydrogens (tertiary/aromatic N) is 4. The van der Waals surface area contributed by atoms with Crippen molar-refractivity contribution in [1.29, 1.82) is 0 Å². The van der Waals surface area contributed by atoms with E-state index in [1.165, 1.54) is 11.1 Å². The van der Waals surface area contributed by atoms with Gasteiger partial charge in [0.05, 0.1) is 28.6 Å². The normalized spacial score (nSPS) is 14.9. The number of para-hydroxylation sites is 4. The van der Waals surface area contributed by atoms with E-state index in [2.05, 4.69) is 86.5 Å². The number of piperidine rings is 1. The van der Waals surface area contributed by atoms with Crippen molar-refractivity contribution in [3.63, 3.8) is 0 Å². The smallest absolute Gasteiger partial charge is 0.204 e. The van der Waals surface area contributed by atoms with Crippen molar-refractivity contribution >= 4 is 34.0 Å². The molecule has 1 fully saturated rings. The number of imidazole rings is 2. The van der Waals surface area contributed by atoms with Crippen LogP contribution in [0.4, 0.5) is 11.9 Å². The fourth-order valence-corrected chi connectivity index (χ4v) is 4.62. The summed E-state index contributed by atoms with van der Waals surface area (Å²) >= 11 is 0. The van der Waals surface area contributed by atoms with Gasteiger partial charge in [0.15, 0.2) is 0 Å². The molecule has 1 aliphatic heterocycles. The lowest BCUT2D eigenvalue weighted by molar-refractivity contribution is 0.517. The van der Waals surface area contributed by atoms with Gasteiger partial charge in [-0.3, -0.25) is 0 Å². The molecule has 0 saturated carbocycles. The van der Waals surface area contributed by atoms with Crippen molar-refractivity contribution in [2.24, 2.45) is 0 Å². The molecular formula is C26H26N6. The van der Waals surface area contributed by atoms with E-state index >= 15 is 0 Å². The summed E-state index contributed by atoms with van der Waals surface area (Å²) < 4.78 is 2.30. The number of fused-ring (bicyclic) bond motifs is 2. The summed E-state index contributed by atoms with van der Waals surface area (Å²) in [4.78, 5) is 15.5. The molecule has 6 rings (SSSR count). The molecule has 2 aromatic heterocycles. The summed E-state index contributed by atoms with van der Waals surface area (Å²) in [5.74, 6) is 1.93. The molecule has 0 atom stereocenters. The third-order valence-electron chi connectivity index (χ3n) is 6.34. The first-order valence-electron chi connectivity index (χ1n) is 11.3. The molecule has 0 amide bonds. The Bertz CT molecular complexity index is 1310. The first kappa shape index (κ1) is 18.9. The van der Waals surface area contributed by atoms with Gasteiger partial charge in [-0.05, 0) is 42.7 Å². The summed E-state index contributed by atoms with van der Waals surface area (Å²) in [5.41, 5.74) is 5.59. The number of nitrogens with one attached hydrogen (secondary N) is 2. The van der Waals surface area contributed by atoms with Crippen molar-refractivity contribution < 1.29 is 0 Å². The zero-order valence-corrected chi connectivity index (χ0v) is 17.9. The average Bonchev–Trinajstić information content (AvgIpc) is 3.42. The summed E-state index contributed by atoms with van der Waals surface area (Å²) in [6, 6.07) is 27.6. The molecule has 0 unspecified atom stereocenters. The van der Waals surface area contributed by atoms with Crippen molar-refractivity contribution in [3.8, 4) is 0 Å².